The predicted molar refractivity (Wildman–Crippen MR) is 146 cm³/mol. The summed E-state index contributed by atoms with van der Waals surface area (Å²) in [5, 5.41) is 12.5. The number of hydrogen-bond donors (Lipinski definition) is 2. The molecule has 1 amide bonds. The van der Waals surface area contributed by atoms with Crippen molar-refractivity contribution in [2.45, 2.75) is 32.3 Å². The number of nitrogens with zero attached hydrogens (tertiary/aromatic N) is 6. The Morgan fingerprint density at radius 1 is 1.03 bits per heavy atom. The average molecular weight is 516 g/mol. The lowest BCUT2D eigenvalue weighted by atomic mass is 9.91. The summed E-state index contributed by atoms with van der Waals surface area (Å²) in [7, 11) is 0. The molecule has 3 aromatic rings. The summed E-state index contributed by atoms with van der Waals surface area (Å²) in [6, 6.07) is 7.99. The molecule has 3 aliphatic heterocycles. The van der Waals surface area contributed by atoms with Crippen molar-refractivity contribution in [1.29, 1.82) is 0 Å². The second-order valence-electron chi connectivity index (χ2n) is 10.5. The van der Waals surface area contributed by atoms with Gasteiger partial charge < -0.3 is 25.0 Å². The number of amides is 1. The summed E-state index contributed by atoms with van der Waals surface area (Å²) >= 11 is 0. The van der Waals surface area contributed by atoms with E-state index in [-0.39, 0.29) is 12.5 Å². The van der Waals surface area contributed by atoms with Crippen LogP contribution in [0.3, 0.4) is 0 Å². The number of ether oxygens (including phenoxy) is 1. The highest BCUT2D eigenvalue weighted by atomic mass is 16.5. The molecule has 198 valence electrons. The third-order valence-electron chi connectivity index (χ3n) is 7.50. The van der Waals surface area contributed by atoms with Gasteiger partial charge in [-0.15, -0.1) is 0 Å². The molecule has 0 spiro atoms. The zero-order chi connectivity index (χ0) is 26.3. The Bertz CT molecular complexity index is 1350. The van der Waals surface area contributed by atoms with Crippen LogP contribution < -0.4 is 19.9 Å². The lowest BCUT2D eigenvalue weighted by Crippen LogP contribution is -2.47. The minimum atomic E-state index is -0.677. The van der Waals surface area contributed by atoms with Crippen LogP contribution in [0.2, 0.25) is 0 Å². The van der Waals surface area contributed by atoms with Crippen molar-refractivity contribution in [3.05, 3.63) is 48.5 Å². The maximum absolute atomic E-state index is 12.2. The van der Waals surface area contributed by atoms with E-state index in [4.69, 9.17) is 9.72 Å². The van der Waals surface area contributed by atoms with E-state index in [2.05, 4.69) is 31.2 Å². The molecule has 2 aromatic heterocycles. The quantitative estimate of drug-likeness (QED) is 0.512. The van der Waals surface area contributed by atoms with Crippen molar-refractivity contribution < 1.29 is 14.6 Å². The van der Waals surface area contributed by atoms with E-state index in [1.807, 2.05) is 49.3 Å². The van der Waals surface area contributed by atoms with E-state index < -0.39 is 5.60 Å². The van der Waals surface area contributed by atoms with Gasteiger partial charge in [-0.3, -0.25) is 14.7 Å². The maximum Gasteiger partial charge on any atom is 0.227 e. The predicted octanol–water partition coefficient (Wildman–Crippen LogP) is 3.15. The summed E-state index contributed by atoms with van der Waals surface area (Å²) in [6.45, 7) is 9.25. The molecule has 0 bridgehead atoms. The monoisotopic (exact) mass is 515 g/mol. The van der Waals surface area contributed by atoms with Crippen molar-refractivity contribution in [2.24, 2.45) is 0 Å². The minimum absolute atomic E-state index is 0.155. The maximum atomic E-state index is 12.2. The molecule has 10 heteroatoms. The third-order valence-corrected chi connectivity index (χ3v) is 7.50. The Labute approximate surface area is 222 Å². The lowest BCUT2D eigenvalue weighted by molar-refractivity contribution is -0.117. The molecule has 3 aliphatic rings. The third kappa shape index (κ3) is 4.65. The highest BCUT2D eigenvalue weighted by Crippen LogP contribution is 2.46. The van der Waals surface area contributed by atoms with Crippen LogP contribution in [0.25, 0.3) is 11.1 Å². The molecule has 2 fully saturated rings. The van der Waals surface area contributed by atoms with Gasteiger partial charge in [-0.2, -0.15) is 0 Å². The van der Waals surface area contributed by atoms with E-state index in [1.54, 1.807) is 6.20 Å². The van der Waals surface area contributed by atoms with Crippen LogP contribution in [0.1, 0.15) is 32.4 Å². The van der Waals surface area contributed by atoms with Crippen molar-refractivity contribution in [1.82, 2.24) is 19.9 Å². The number of carbonyl (C=O) groups is 1. The largest absolute Gasteiger partial charge is 0.481 e. The van der Waals surface area contributed by atoms with Crippen molar-refractivity contribution >= 4 is 28.9 Å². The molecule has 0 saturated carbocycles. The van der Waals surface area contributed by atoms with Crippen molar-refractivity contribution in [3.8, 4) is 16.9 Å². The van der Waals surface area contributed by atoms with E-state index >= 15 is 0 Å². The minimum Gasteiger partial charge on any atom is -0.481 e. The van der Waals surface area contributed by atoms with E-state index in [0.29, 0.717) is 18.9 Å². The van der Waals surface area contributed by atoms with Gasteiger partial charge in [0.25, 0.3) is 0 Å². The Hall–Kier alpha value is -3.76. The van der Waals surface area contributed by atoms with Crippen LogP contribution in [-0.4, -0.2) is 76.7 Å². The van der Waals surface area contributed by atoms with Gasteiger partial charge in [-0.1, -0.05) is 0 Å². The molecular formula is C28H33N7O3. The molecule has 5 heterocycles. The van der Waals surface area contributed by atoms with Crippen LogP contribution in [-0.2, 0) is 10.4 Å². The van der Waals surface area contributed by atoms with Gasteiger partial charge in [0.15, 0.2) is 0 Å². The molecule has 0 radical (unpaired) electrons. The first kappa shape index (κ1) is 24.6. The number of hydrogen-bond acceptors (Lipinski definition) is 9. The molecule has 2 N–H and O–H groups in total. The smallest absolute Gasteiger partial charge is 0.227 e. The van der Waals surface area contributed by atoms with Crippen LogP contribution >= 0.6 is 0 Å². The topological polar surface area (TPSA) is 107 Å². The van der Waals surface area contributed by atoms with Gasteiger partial charge in [0.2, 0.25) is 11.9 Å². The van der Waals surface area contributed by atoms with E-state index in [1.165, 1.54) is 0 Å². The number of piperazine rings is 1. The van der Waals surface area contributed by atoms with Gasteiger partial charge in [0.1, 0.15) is 11.4 Å². The molecule has 0 atom stereocenters. The molecule has 1 aromatic carbocycles. The Kier molecular flexibility index (Phi) is 6.37. The SMILES string of the molecule is CC1(C)Oc2cc(N3CCCC3=O)ccc2-c2cnc(Nc3cncc(N4CCN(CCO)CC4)c3)nc21. The van der Waals surface area contributed by atoms with Gasteiger partial charge in [0, 0.05) is 74.8 Å². The Balaban J connectivity index is 1.23. The highest BCUT2D eigenvalue weighted by Gasteiger charge is 2.36. The van der Waals surface area contributed by atoms with Crippen LogP contribution in [0.15, 0.2) is 42.9 Å². The second kappa shape index (κ2) is 9.85. The number of fused-ring (bicyclic) bond motifs is 3. The summed E-state index contributed by atoms with van der Waals surface area (Å²) in [5.74, 6) is 1.37. The number of benzene rings is 1. The van der Waals surface area contributed by atoms with Gasteiger partial charge in [0.05, 0.1) is 36.1 Å². The summed E-state index contributed by atoms with van der Waals surface area (Å²) in [4.78, 5) is 32.6. The van der Waals surface area contributed by atoms with Crippen LogP contribution in [0.4, 0.5) is 23.0 Å². The van der Waals surface area contributed by atoms with Crippen molar-refractivity contribution in [3.63, 3.8) is 0 Å². The number of β-amino-alcohol motifs (C(OH)–C–C–N with tert-alkyl or cyclic N) is 1. The number of aliphatic hydroxyl groups excluding tert-OH is 1. The van der Waals surface area contributed by atoms with Gasteiger partial charge in [-0.25, -0.2) is 9.97 Å². The second-order valence-corrected chi connectivity index (χ2v) is 10.5. The van der Waals surface area contributed by atoms with Crippen LogP contribution in [0.5, 0.6) is 5.75 Å². The number of anilines is 4. The Morgan fingerprint density at radius 3 is 2.63 bits per heavy atom. The summed E-state index contributed by atoms with van der Waals surface area (Å²) in [6.07, 6.45) is 6.96. The fourth-order valence-corrected chi connectivity index (χ4v) is 5.50. The fraction of sp³-hybridized carbons (Fsp3) is 0.429. The van der Waals surface area contributed by atoms with E-state index in [9.17, 15) is 9.90 Å². The number of aliphatic hydroxyl groups is 1. The number of rotatable bonds is 6. The van der Waals surface area contributed by atoms with Crippen LogP contribution in [0, 0.1) is 0 Å². The van der Waals surface area contributed by atoms with Crippen molar-refractivity contribution in [2.75, 3.05) is 61.0 Å². The first-order chi connectivity index (χ1) is 18.4. The number of aromatic nitrogens is 3. The van der Waals surface area contributed by atoms with E-state index in [0.717, 1.165) is 78.8 Å². The molecule has 2 saturated heterocycles. The number of pyridine rings is 1. The standard InChI is InChI=1S/C28H33N7O3/c1-28(2)26-23(22-6-5-20(15-24(22)38-28)35-7-3-4-25(35)37)18-30-27(32-26)31-19-14-21(17-29-16-19)34-10-8-33(9-11-34)12-13-36/h5-6,14-18,36H,3-4,7-13H2,1-2H3,(H,30,31,32). The van der Waals surface area contributed by atoms with Gasteiger partial charge >= 0.3 is 0 Å². The zero-order valence-corrected chi connectivity index (χ0v) is 21.9. The highest BCUT2D eigenvalue weighted by molar-refractivity contribution is 5.96. The molecular weight excluding hydrogens is 482 g/mol. The molecule has 38 heavy (non-hydrogen) atoms. The Morgan fingerprint density at radius 2 is 1.87 bits per heavy atom. The average Bonchev–Trinajstić information content (AvgIpc) is 3.35. The molecule has 10 nitrogen and oxygen atoms in total. The first-order valence-corrected chi connectivity index (χ1v) is 13.2. The lowest BCUT2D eigenvalue weighted by Gasteiger charge is -2.35. The van der Waals surface area contributed by atoms with Gasteiger partial charge in [-0.05, 0) is 38.5 Å². The summed E-state index contributed by atoms with van der Waals surface area (Å²) in [5.41, 5.74) is 4.70. The number of carbonyl (C=O) groups excluding carboxylic acids is 1. The molecule has 0 aliphatic carbocycles. The number of nitrogens with one attached hydrogen (secondary N) is 1. The molecule has 6 rings (SSSR count). The first-order valence-electron chi connectivity index (χ1n) is 13.2. The zero-order valence-electron chi connectivity index (χ0n) is 21.9. The fourth-order valence-electron chi connectivity index (χ4n) is 5.50. The normalized spacial score (nSPS) is 18.7. The summed E-state index contributed by atoms with van der Waals surface area (Å²) < 4.78 is 6.42. The molecule has 0 unspecified atom stereocenters.